The summed E-state index contributed by atoms with van der Waals surface area (Å²) < 4.78 is 53.1. The molecule has 7 aromatic rings. The fourth-order valence-corrected chi connectivity index (χ4v) is 5.64. The number of aromatic nitrogens is 2. The Bertz CT molecular complexity index is 2490. The van der Waals surface area contributed by atoms with Crippen LogP contribution in [0.3, 0.4) is 0 Å². The molecule has 7 rings (SSSR count). The Morgan fingerprint density at radius 1 is 0.591 bits per heavy atom. The number of fused-ring (bicyclic) bond motifs is 6. The Kier molecular flexibility index (Phi) is 6.15. The second kappa shape index (κ2) is 10.1. The zero-order valence-corrected chi connectivity index (χ0v) is 22.5. The summed E-state index contributed by atoms with van der Waals surface area (Å²) in [5, 5.41) is 22.1. The van der Waals surface area contributed by atoms with E-state index in [-0.39, 0.29) is 5.36 Å². The molecular weight excluding hydrogens is 568 g/mol. The minimum Gasteiger partial charge on any atom is -0.246 e. The van der Waals surface area contributed by atoms with E-state index in [1.807, 2.05) is 42.7 Å². The van der Waals surface area contributed by atoms with Gasteiger partial charge in [0.1, 0.15) is 28.4 Å². The summed E-state index contributed by atoms with van der Waals surface area (Å²) >= 11 is 0. The number of rotatable bonds is 3. The lowest BCUT2D eigenvalue weighted by Gasteiger charge is -2.09. The number of benzene rings is 4. The molecule has 0 radical (unpaired) electrons. The van der Waals surface area contributed by atoms with Crippen LogP contribution in [0.25, 0.3) is 65.9 Å². The van der Waals surface area contributed by atoms with Gasteiger partial charge in [-0.3, -0.25) is 0 Å². The van der Waals surface area contributed by atoms with Gasteiger partial charge in [0.05, 0.1) is 16.6 Å². The van der Waals surface area contributed by atoms with Crippen molar-refractivity contribution in [3.05, 3.63) is 107 Å². The molecule has 0 spiro atoms. The monoisotopic (exact) mass is 584 g/mol. The van der Waals surface area contributed by atoms with Crippen molar-refractivity contribution in [2.75, 3.05) is 0 Å². The Labute approximate surface area is 245 Å². The van der Waals surface area contributed by atoms with Crippen LogP contribution in [0.2, 0.25) is 0 Å². The third-order valence-electron chi connectivity index (χ3n) is 7.69. The summed E-state index contributed by atoms with van der Waals surface area (Å²) in [7, 11) is 0. The van der Waals surface area contributed by atoms with Crippen LogP contribution in [-0.4, -0.2) is 9.97 Å². The maximum absolute atomic E-state index is 13.4. The first kappa shape index (κ1) is 26.9. The molecule has 0 amide bonds. The Balaban J connectivity index is 1.49. The summed E-state index contributed by atoms with van der Waals surface area (Å²) in [6.07, 6.45) is -0.831. The third kappa shape index (κ3) is 4.24. The van der Waals surface area contributed by atoms with E-state index in [4.69, 9.17) is 9.97 Å². The van der Waals surface area contributed by atoms with Crippen LogP contribution < -0.4 is 10.7 Å². The van der Waals surface area contributed by atoms with Gasteiger partial charge >= 0.3 is 6.18 Å². The molecule has 1 aromatic heterocycles. The average molecular weight is 585 g/mol. The lowest BCUT2D eigenvalue weighted by Crippen LogP contribution is -2.04. The van der Waals surface area contributed by atoms with Gasteiger partial charge in [-0.15, -0.1) is 0 Å². The minimum absolute atomic E-state index is 0.249. The summed E-state index contributed by atoms with van der Waals surface area (Å²) in [6, 6.07) is 22.7. The molecule has 0 N–H and O–H groups in total. The highest BCUT2D eigenvalue weighted by Crippen LogP contribution is 2.35. The van der Waals surface area contributed by atoms with Crippen LogP contribution in [0.4, 0.5) is 17.6 Å². The normalized spacial score (nSPS) is 12.9. The Hall–Kier alpha value is -6.00. The number of hydrogen-bond acceptors (Lipinski definition) is 6. The first-order valence-electron chi connectivity index (χ1n) is 13.3. The van der Waals surface area contributed by atoms with E-state index in [1.165, 1.54) is 6.07 Å². The van der Waals surface area contributed by atoms with Gasteiger partial charge < -0.3 is 0 Å². The van der Waals surface area contributed by atoms with Gasteiger partial charge in [-0.1, -0.05) is 60.7 Å². The maximum Gasteiger partial charge on any atom is 0.416 e. The van der Waals surface area contributed by atoms with Gasteiger partial charge in [-0.05, 0) is 52.1 Å². The van der Waals surface area contributed by atoms with E-state index in [9.17, 15) is 28.1 Å². The first-order valence-corrected chi connectivity index (χ1v) is 13.3. The van der Waals surface area contributed by atoms with Crippen molar-refractivity contribution in [1.82, 2.24) is 9.97 Å². The molecule has 1 heterocycles. The van der Waals surface area contributed by atoms with Crippen LogP contribution in [0.15, 0.2) is 94.9 Å². The van der Waals surface area contributed by atoms with Crippen LogP contribution in [0.5, 0.6) is 0 Å². The van der Waals surface area contributed by atoms with Crippen LogP contribution in [0, 0.1) is 22.9 Å². The van der Waals surface area contributed by atoms with Gasteiger partial charge in [-0.2, -0.15) is 33.7 Å². The summed E-state index contributed by atoms with van der Waals surface area (Å²) in [6.45, 7) is -0.562. The number of nitriles is 2. The van der Waals surface area contributed by atoms with Gasteiger partial charge in [0.25, 0.3) is 0 Å². The molecule has 210 valence electrons. The van der Waals surface area contributed by atoms with E-state index < -0.39 is 18.4 Å². The van der Waals surface area contributed by atoms with E-state index in [2.05, 4.69) is 9.98 Å². The average Bonchev–Trinajstić information content (AvgIpc) is 3.51. The van der Waals surface area contributed by atoms with Crippen molar-refractivity contribution in [3.63, 3.8) is 0 Å². The van der Waals surface area contributed by atoms with E-state index in [0.717, 1.165) is 23.3 Å². The lowest BCUT2D eigenvalue weighted by atomic mass is 10.0. The highest BCUT2D eigenvalue weighted by Gasteiger charge is 2.30. The minimum atomic E-state index is -4.50. The predicted octanol–water partition coefficient (Wildman–Crippen LogP) is 7.55. The zero-order valence-electron chi connectivity index (χ0n) is 22.5. The summed E-state index contributed by atoms with van der Waals surface area (Å²) in [4.78, 5) is 17.9. The van der Waals surface area contributed by atoms with Crippen molar-refractivity contribution in [1.29, 1.82) is 10.5 Å². The molecule has 0 aliphatic carbocycles. The molecule has 0 aliphatic heterocycles. The maximum atomic E-state index is 13.4. The van der Waals surface area contributed by atoms with Crippen molar-refractivity contribution in [3.8, 4) is 34.6 Å². The molecule has 0 bridgehead atoms. The molecule has 0 unspecified atom stereocenters. The van der Waals surface area contributed by atoms with Crippen LogP contribution in [0.1, 0.15) is 11.1 Å². The van der Waals surface area contributed by atoms with Crippen LogP contribution in [-0.2, 0) is 12.9 Å². The van der Waals surface area contributed by atoms with Crippen molar-refractivity contribution in [2.45, 2.75) is 12.9 Å². The van der Waals surface area contributed by atoms with Crippen molar-refractivity contribution < 1.29 is 17.6 Å². The molecule has 0 fully saturated rings. The standard InChI is InChI=1S/C34H16F4N6/c35-15-18-4-6-19(7-5-18)21-8-10-24-26(13-21)28(41-16-39)32-30(24)43-33-29(42-17-40)27-14-22(9-11-25(27)31(33)44-32)20-2-1-3-23(12-20)34(36,37)38/h1-14H,15H2/b41-28-,42-29+. The predicted molar refractivity (Wildman–Crippen MR) is 157 cm³/mol. The largest absolute Gasteiger partial charge is 0.416 e. The van der Waals surface area contributed by atoms with E-state index in [0.29, 0.717) is 65.7 Å². The second-order valence-corrected chi connectivity index (χ2v) is 10.2. The Morgan fingerprint density at radius 3 is 1.59 bits per heavy atom. The smallest absolute Gasteiger partial charge is 0.246 e. The number of halogens is 4. The van der Waals surface area contributed by atoms with Gasteiger partial charge in [0.2, 0.25) is 12.4 Å². The molecular formula is C34H16F4N6. The fraction of sp³-hybridized carbons (Fsp3) is 0.0588. The molecule has 0 saturated carbocycles. The number of alkyl halides is 4. The van der Waals surface area contributed by atoms with Crippen molar-refractivity contribution >= 4 is 43.6 Å². The molecule has 0 saturated heterocycles. The highest BCUT2D eigenvalue weighted by atomic mass is 19.4. The van der Waals surface area contributed by atoms with Crippen molar-refractivity contribution in [2.24, 2.45) is 9.98 Å². The van der Waals surface area contributed by atoms with E-state index >= 15 is 0 Å². The number of hydrogen-bond donors (Lipinski definition) is 0. The molecule has 6 nitrogen and oxygen atoms in total. The molecule has 6 aromatic carbocycles. The van der Waals surface area contributed by atoms with Gasteiger partial charge in [0.15, 0.2) is 0 Å². The lowest BCUT2D eigenvalue weighted by molar-refractivity contribution is -0.137. The van der Waals surface area contributed by atoms with E-state index in [1.54, 1.807) is 36.4 Å². The summed E-state index contributed by atoms with van der Waals surface area (Å²) in [5.41, 5.74) is 3.95. The SMILES string of the molecule is N#C/N=c1/c2cc(-c3ccc(CF)cc3)ccc2c2nc3/c(=N/C#N)c4cc(-c5cccc(C(F)(F)F)c5)ccc4c3nc12. The molecule has 0 atom stereocenters. The molecule has 0 aliphatic rings. The second-order valence-electron chi connectivity index (χ2n) is 10.2. The highest BCUT2D eigenvalue weighted by molar-refractivity contribution is 6.15. The molecule has 44 heavy (non-hydrogen) atoms. The van der Waals surface area contributed by atoms with Gasteiger partial charge in [-0.25, -0.2) is 14.4 Å². The Morgan fingerprint density at radius 2 is 1.09 bits per heavy atom. The zero-order chi connectivity index (χ0) is 30.6. The fourth-order valence-electron chi connectivity index (χ4n) is 5.64. The van der Waals surface area contributed by atoms with Gasteiger partial charge in [0, 0.05) is 21.5 Å². The summed E-state index contributed by atoms with van der Waals surface area (Å²) in [5.74, 6) is 0. The van der Waals surface area contributed by atoms with Crippen LogP contribution >= 0.6 is 0 Å². The number of nitrogens with zero attached hydrogens (tertiary/aromatic N) is 6. The topological polar surface area (TPSA) is 98.1 Å². The quantitative estimate of drug-likeness (QED) is 0.158. The first-order chi connectivity index (χ1) is 21.3. The third-order valence-corrected chi connectivity index (χ3v) is 7.69. The molecule has 10 heteroatoms.